The van der Waals surface area contributed by atoms with Gasteiger partial charge in [-0.3, -0.25) is 14.3 Å². The van der Waals surface area contributed by atoms with E-state index < -0.39 is 16.1 Å². The summed E-state index contributed by atoms with van der Waals surface area (Å²) >= 11 is 1.11. The lowest BCUT2D eigenvalue weighted by atomic mass is 9.93. The standard InChI is InChI=1S/C23H21N3O4S2/c1-16(27)26-13-12-17-7-2-3-8-18(17)21(26)15-22(28)24-19-9-4-5-10-20(19)25-32(29,30)23-11-6-14-31-23/h2-14,21,25H,15H2,1H3,(H,24,28). The van der Waals surface area contributed by atoms with E-state index in [-0.39, 0.29) is 28.1 Å². The van der Waals surface area contributed by atoms with Gasteiger partial charge in [-0.05, 0) is 40.8 Å². The number of sulfonamides is 1. The first-order valence-electron chi connectivity index (χ1n) is 9.86. The van der Waals surface area contributed by atoms with Gasteiger partial charge in [0.2, 0.25) is 11.8 Å². The Hall–Kier alpha value is -3.43. The maximum atomic E-state index is 13.0. The van der Waals surface area contributed by atoms with Crippen LogP contribution in [-0.4, -0.2) is 25.1 Å². The molecule has 7 nitrogen and oxygen atoms in total. The van der Waals surface area contributed by atoms with Gasteiger partial charge in [-0.2, -0.15) is 0 Å². The second-order valence-electron chi connectivity index (χ2n) is 7.22. The molecule has 1 aliphatic rings. The second kappa shape index (κ2) is 8.97. The molecular formula is C23H21N3O4S2. The Kier molecular flexibility index (Phi) is 6.11. The molecule has 9 heteroatoms. The van der Waals surface area contributed by atoms with E-state index >= 15 is 0 Å². The van der Waals surface area contributed by atoms with Crippen molar-refractivity contribution in [3.05, 3.63) is 83.4 Å². The van der Waals surface area contributed by atoms with Crippen molar-refractivity contribution in [3.8, 4) is 0 Å². The van der Waals surface area contributed by atoms with Gasteiger partial charge in [-0.15, -0.1) is 11.3 Å². The first kappa shape index (κ1) is 21.8. The predicted molar refractivity (Wildman–Crippen MR) is 126 cm³/mol. The lowest BCUT2D eigenvalue weighted by molar-refractivity contribution is -0.129. The highest BCUT2D eigenvalue weighted by Gasteiger charge is 2.28. The highest BCUT2D eigenvalue weighted by Crippen LogP contribution is 2.33. The predicted octanol–water partition coefficient (Wildman–Crippen LogP) is 4.45. The van der Waals surface area contributed by atoms with Gasteiger partial charge in [0, 0.05) is 13.1 Å². The normalized spacial score (nSPS) is 15.2. The number of amides is 2. The van der Waals surface area contributed by atoms with Crippen LogP contribution < -0.4 is 10.0 Å². The minimum atomic E-state index is -3.76. The number of thiophene rings is 1. The Morgan fingerprint density at radius 3 is 2.44 bits per heavy atom. The van der Waals surface area contributed by atoms with Crippen LogP contribution in [-0.2, 0) is 19.6 Å². The molecule has 2 N–H and O–H groups in total. The van der Waals surface area contributed by atoms with Crippen LogP contribution in [0.25, 0.3) is 6.08 Å². The molecule has 2 heterocycles. The number of hydrogen-bond donors (Lipinski definition) is 2. The number of carbonyl (C=O) groups is 2. The number of nitrogens with zero attached hydrogens (tertiary/aromatic N) is 1. The summed E-state index contributed by atoms with van der Waals surface area (Å²) < 4.78 is 27.9. The van der Waals surface area contributed by atoms with Gasteiger partial charge < -0.3 is 10.2 Å². The minimum absolute atomic E-state index is 0.0208. The fraction of sp³-hybridized carbons (Fsp3) is 0.130. The van der Waals surface area contributed by atoms with Crippen LogP contribution in [0.2, 0.25) is 0 Å². The number of hydrogen-bond acceptors (Lipinski definition) is 5. The van der Waals surface area contributed by atoms with Crippen molar-refractivity contribution >= 4 is 50.6 Å². The Morgan fingerprint density at radius 2 is 1.72 bits per heavy atom. The molecule has 0 aliphatic carbocycles. The second-order valence-corrected chi connectivity index (χ2v) is 10.1. The molecule has 1 atom stereocenters. The number of benzene rings is 2. The van der Waals surface area contributed by atoms with E-state index in [2.05, 4.69) is 10.0 Å². The molecule has 0 saturated heterocycles. The largest absolute Gasteiger partial charge is 0.324 e. The summed E-state index contributed by atoms with van der Waals surface area (Å²) in [5.41, 5.74) is 2.44. The topological polar surface area (TPSA) is 95.6 Å². The zero-order valence-electron chi connectivity index (χ0n) is 17.2. The quantitative estimate of drug-likeness (QED) is 0.560. The van der Waals surface area contributed by atoms with E-state index in [4.69, 9.17) is 0 Å². The van der Waals surface area contributed by atoms with Crippen LogP contribution in [0.15, 0.2) is 76.5 Å². The Labute approximate surface area is 190 Å². The molecular weight excluding hydrogens is 446 g/mol. The Balaban J connectivity index is 1.55. The van der Waals surface area contributed by atoms with Crippen molar-refractivity contribution in [2.45, 2.75) is 23.6 Å². The molecule has 2 amide bonds. The molecule has 3 aromatic rings. The maximum absolute atomic E-state index is 13.0. The number of nitrogens with one attached hydrogen (secondary N) is 2. The van der Waals surface area contributed by atoms with Gasteiger partial charge in [0.1, 0.15) is 4.21 Å². The Morgan fingerprint density at radius 1 is 1.00 bits per heavy atom. The average molecular weight is 468 g/mol. The van der Waals surface area contributed by atoms with E-state index in [1.807, 2.05) is 30.3 Å². The van der Waals surface area contributed by atoms with Crippen LogP contribution >= 0.6 is 11.3 Å². The van der Waals surface area contributed by atoms with Gasteiger partial charge in [-0.1, -0.05) is 42.5 Å². The van der Waals surface area contributed by atoms with Crippen molar-refractivity contribution < 1.29 is 18.0 Å². The van der Waals surface area contributed by atoms with Gasteiger partial charge in [0.05, 0.1) is 23.8 Å². The van der Waals surface area contributed by atoms with Gasteiger partial charge in [-0.25, -0.2) is 8.42 Å². The van der Waals surface area contributed by atoms with Crippen molar-refractivity contribution in [1.29, 1.82) is 0 Å². The summed E-state index contributed by atoms with van der Waals surface area (Å²) in [5.74, 6) is -0.508. The molecule has 1 aromatic heterocycles. The van der Waals surface area contributed by atoms with E-state index in [9.17, 15) is 18.0 Å². The number of para-hydroxylation sites is 2. The number of carbonyl (C=O) groups excluding carboxylic acids is 2. The summed E-state index contributed by atoms with van der Waals surface area (Å²) in [6.45, 7) is 1.46. The van der Waals surface area contributed by atoms with Crippen LogP contribution in [0.4, 0.5) is 11.4 Å². The zero-order valence-corrected chi connectivity index (χ0v) is 18.8. The van der Waals surface area contributed by atoms with Crippen molar-refractivity contribution in [2.24, 2.45) is 0 Å². The first-order chi connectivity index (χ1) is 15.3. The third-order valence-electron chi connectivity index (χ3n) is 5.05. The number of anilines is 2. The Bertz CT molecular complexity index is 1280. The monoisotopic (exact) mass is 467 g/mol. The van der Waals surface area contributed by atoms with Crippen LogP contribution in [0.1, 0.15) is 30.5 Å². The molecule has 0 fully saturated rings. The molecule has 2 aromatic carbocycles. The summed E-state index contributed by atoms with van der Waals surface area (Å²) in [5, 5.41) is 4.47. The van der Waals surface area contributed by atoms with E-state index in [1.165, 1.54) is 17.9 Å². The lowest BCUT2D eigenvalue weighted by Gasteiger charge is -2.32. The molecule has 0 radical (unpaired) electrons. The summed E-state index contributed by atoms with van der Waals surface area (Å²) in [6, 6.07) is 16.9. The van der Waals surface area contributed by atoms with Gasteiger partial charge in [0.15, 0.2) is 0 Å². The molecule has 1 unspecified atom stereocenters. The fourth-order valence-corrected chi connectivity index (χ4v) is 5.66. The lowest BCUT2D eigenvalue weighted by Crippen LogP contribution is -2.33. The molecule has 0 bridgehead atoms. The maximum Gasteiger partial charge on any atom is 0.271 e. The third-order valence-corrected chi connectivity index (χ3v) is 7.82. The van der Waals surface area contributed by atoms with Gasteiger partial charge >= 0.3 is 0 Å². The summed E-state index contributed by atoms with van der Waals surface area (Å²) in [7, 11) is -3.76. The molecule has 32 heavy (non-hydrogen) atoms. The average Bonchev–Trinajstić information content (AvgIpc) is 3.31. The van der Waals surface area contributed by atoms with Crippen molar-refractivity contribution in [1.82, 2.24) is 4.90 Å². The molecule has 0 spiro atoms. The van der Waals surface area contributed by atoms with Crippen molar-refractivity contribution in [2.75, 3.05) is 10.0 Å². The fourth-order valence-electron chi connectivity index (χ4n) is 3.58. The summed E-state index contributed by atoms with van der Waals surface area (Å²) in [4.78, 5) is 26.6. The van der Waals surface area contributed by atoms with Crippen LogP contribution in [0.5, 0.6) is 0 Å². The van der Waals surface area contributed by atoms with E-state index in [0.717, 1.165) is 22.5 Å². The third kappa shape index (κ3) is 4.58. The summed E-state index contributed by atoms with van der Waals surface area (Å²) in [6.07, 6.45) is 3.55. The van der Waals surface area contributed by atoms with Gasteiger partial charge in [0.25, 0.3) is 10.0 Å². The van der Waals surface area contributed by atoms with Crippen LogP contribution in [0.3, 0.4) is 0 Å². The highest BCUT2D eigenvalue weighted by atomic mass is 32.2. The number of fused-ring (bicyclic) bond motifs is 1. The molecule has 4 rings (SSSR count). The smallest absolute Gasteiger partial charge is 0.271 e. The minimum Gasteiger partial charge on any atom is -0.324 e. The first-order valence-corrected chi connectivity index (χ1v) is 12.2. The molecule has 0 saturated carbocycles. The molecule has 1 aliphatic heterocycles. The van der Waals surface area contributed by atoms with E-state index in [0.29, 0.717) is 5.69 Å². The highest BCUT2D eigenvalue weighted by molar-refractivity contribution is 7.94. The van der Waals surface area contributed by atoms with Crippen molar-refractivity contribution in [3.63, 3.8) is 0 Å². The molecule has 164 valence electrons. The van der Waals surface area contributed by atoms with Crippen LogP contribution in [0, 0.1) is 0 Å². The number of rotatable bonds is 6. The SMILES string of the molecule is CC(=O)N1C=Cc2ccccc2C1CC(=O)Nc1ccccc1NS(=O)(=O)c1cccs1. The zero-order chi connectivity index (χ0) is 22.7. The van der Waals surface area contributed by atoms with E-state index in [1.54, 1.807) is 41.9 Å².